The van der Waals surface area contributed by atoms with Gasteiger partial charge in [-0.25, -0.2) is 4.98 Å². The van der Waals surface area contributed by atoms with Crippen molar-refractivity contribution in [2.45, 2.75) is 26.2 Å². The number of aromatic nitrogens is 2. The molecule has 0 radical (unpaired) electrons. The van der Waals surface area contributed by atoms with Crippen LogP contribution in [-0.4, -0.2) is 23.6 Å². The second-order valence-electron chi connectivity index (χ2n) is 3.36. The Balaban J connectivity index is 2.47. The molecule has 1 aromatic rings. The van der Waals surface area contributed by atoms with Crippen molar-refractivity contribution in [1.82, 2.24) is 9.97 Å². The Labute approximate surface area is 83.7 Å². The summed E-state index contributed by atoms with van der Waals surface area (Å²) < 4.78 is 5.26. The van der Waals surface area contributed by atoms with Gasteiger partial charge in [-0.3, -0.25) is 0 Å². The maximum absolute atomic E-state index is 5.26. The highest BCUT2D eigenvalue weighted by Gasteiger charge is 2.17. The van der Waals surface area contributed by atoms with Crippen LogP contribution in [0.5, 0.6) is 5.88 Å². The predicted molar refractivity (Wildman–Crippen MR) is 54.8 cm³/mol. The van der Waals surface area contributed by atoms with E-state index in [4.69, 9.17) is 4.74 Å². The largest absolute Gasteiger partial charge is 0.481 e. The third-order valence-electron chi connectivity index (χ3n) is 2.42. The van der Waals surface area contributed by atoms with Gasteiger partial charge in [-0.1, -0.05) is 6.92 Å². The molecule has 1 aromatic heterocycles. The molecule has 0 fully saturated rings. The van der Waals surface area contributed by atoms with Crippen LogP contribution in [0, 0.1) is 0 Å². The van der Waals surface area contributed by atoms with Crippen molar-refractivity contribution >= 4 is 5.82 Å². The van der Waals surface area contributed by atoms with E-state index in [0.29, 0.717) is 0 Å². The second kappa shape index (κ2) is 3.82. The number of fused-ring (bicyclic) bond motifs is 1. The molecule has 1 aliphatic heterocycles. The normalized spacial score (nSPS) is 14.4. The molecule has 0 aromatic carbocycles. The summed E-state index contributed by atoms with van der Waals surface area (Å²) in [6, 6.07) is 0. The van der Waals surface area contributed by atoms with E-state index in [0.717, 1.165) is 48.9 Å². The smallest absolute Gasteiger partial charge is 0.221 e. The number of nitrogens with zero attached hydrogens (tertiary/aromatic N) is 2. The molecule has 76 valence electrons. The summed E-state index contributed by atoms with van der Waals surface area (Å²) in [7, 11) is 1.66. The molecule has 4 nitrogen and oxygen atoms in total. The van der Waals surface area contributed by atoms with Crippen LogP contribution in [0.3, 0.4) is 0 Å². The highest BCUT2D eigenvalue weighted by Crippen LogP contribution is 2.27. The van der Waals surface area contributed by atoms with Crippen LogP contribution < -0.4 is 10.1 Å². The number of hydrogen-bond acceptors (Lipinski definition) is 4. The number of anilines is 1. The molecule has 0 saturated heterocycles. The number of methoxy groups -OCH3 is 1. The minimum absolute atomic E-state index is 0.735. The van der Waals surface area contributed by atoms with Crippen LogP contribution in [0.15, 0.2) is 0 Å². The molecular weight excluding hydrogens is 178 g/mol. The zero-order chi connectivity index (χ0) is 9.97. The lowest BCUT2D eigenvalue weighted by atomic mass is 10.1. The van der Waals surface area contributed by atoms with E-state index in [9.17, 15) is 0 Å². The first-order chi connectivity index (χ1) is 6.85. The van der Waals surface area contributed by atoms with Crippen LogP contribution in [-0.2, 0) is 12.8 Å². The van der Waals surface area contributed by atoms with Crippen molar-refractivity contribution < 1.29 is 4.74 Å². The molecule has 2 heterocycles. The van der Waals surface area contributed by atoms with Crippen molar-refractivity contribution in [3.63, 3.8) is 0 Å². The van der Waals surface area contributed by atoms with Gasteiger partial charge in [0.15, 0.2) is 0 Å². The Hall–Kier alpha value is -1.32. The van der Waals surface area contributed by atoms with Gasteiger partial charge in [-0.2, -0.15) is 4.98 Å². The maximum atomic E-state index is 5.26. The third-order valence-corrected chi connectivity index (χ3v) is 2.42. The van der Waals surface area contributed by atoms with Crippen molar-refractivity contribution in [3.05, 3.63) is 11.4 Å². The molecule has 0 spiro atoms. The summed E-state index contributed by atoms with van der Waals surface area (Å²) in [5, 5.41) is 3.28. The molecule has 0 amide bonds. The summed E-state index contributed by atoms with van der Waals surface area (Å²) in [6.07, 6.45) is 2.97. The first-order valence-corrected chi connectivity index (χ1v) is 5.02. The highest BCUT2D eigenvalue weighted by molar-refractivity contribution is 5.51. The van der Waals surface area contributed by atoms with Crippen molar-refractivity contribution in [2.75, 3.05) is 19.0 Å². The predicted octanol–water partition coefficient (Wildman–Crippen LogP) is 1.41. The van der Waals surface area contributed by atoms with Gasteiger partial charge in [-0.15, -0.1) is 0 Å². The molecule has 1 aliphatic rings. The number of ether oxygens (including phenoxy) is 1. The molecule has 1 N–H and O–H groups in total. The fourth-order valence-corrected chi connectivity index (χ4v) is 1.68. The second-order valence-corrected chi connectivity index (χ2v) is 3.36. The lowest BCUT2D eigenvalue weighted by molar-refractivity contribution is 0.388. The van der Waals surface area contributed by atoms with E-state index in [1.54, 1.807) is 7.11 Å². The van der Waals surface area contributed by atoms with Gasteiger partial charge >= 0.3 is 0 Å². The minimum Gasteiger partial charge on any atom is -0.481 e. The quantitative estimate of drug-likeness (QED) is 0.771. The van der Waals surface area contributed by atoms with Crippen molar-refractivity contribution in [2.24, 2.45) is 0 Å². The van der Waals surface area contributed by atoms with E-state index in [1.165, 1.54) is 0 Å². The number of aryl methyl sites for hydroxylation is 1. The van der Waals surface area contributed by atoms with Crippen LogP contribution in [0.4, 0.5) is 5.82 Å². The maximum Gasteiger partial charge on any atom is 0.221 e. The molecule has 0 aliphatic carbocycles. The highest BCUT2D eigenvalue weighted by atomic mass is 16.5. The summed E-state index contributed by atoms with van der Waals surface area (Å²) in [5.41, 5.74) is 1.12. The first kappa shape index (κ1) is 9.24. The van der Waals surface area contributed by atoms with Crippen LogP contribution in [0.1, 0.15) is 24.7 Å². The monoisotopic (exact) mass is 193 g/mol. The van der Waals surface area contributed by atoms with Gasteiger partial charge in [0, 0.05) is 13.0 Å². The van der Waals surface area contributed by atoms with E-state index >= 15 is 0 Å². The molecular formula is C10H15N3O. The van der Waals surface area contributed by atoms with E-state index in [1.807, 2.05) is 6.92 Å². The Kier molecular flexibility index (Phi) is 2.52. The van der Waals surface area contributed by atoms with Gasteiger partial charge in [0.2, 0.25) is 5.88 Å². The Morgan fingerprint density at radius 3 is 3.00 bits per heavy atom. The van der Waals surface area contributed by atoms with E-state index < -0.39 is 0 Å². The Morgan fingerprint density at radius 1 is 1.43 bits per heavy atom. The molecule has 0 atom stereocenters. The van der Waals surface area contributed by atoms with Crippen LogP contribution in [0.2, 0.25) is 0 Å². The average Bonchev–Trinajstić information content (AvgIpc) is 2.27. The molecule has 0 unspecified atom stereocenters. The van der Waals surface area contributed by atoms with Gasteiger partial charge in [0.25, 0.3) is 0 Å². The Morgan fingerprint density at radius 2 is 2.29 bits per heavy atom. The number of hydrogen-bond donors (Lipinski definition) is 1. The van der Waals surface area contributed by atoms with Gasteiger partial charge < -0.3 is 10.1 Å². The van der Waals surface area contributed by atoms with E-state index in [2.05, 4.69) is 15.3 Å². The third kappa shape index (κ3) is 1.52. The van der Waals surface area contributed by atoms with Crippen molar-refractivity contribution in [3.8, 4) is 5.88 Å². The minimum atomic E-state index is 0.735. The molecule has 0 bridgehead atoms. The lowest BCUT2D eigenvalue weighted by Gasteiger charge is -2.19. The van der Waals surface area contributed by atoms with Crippen molar-refractivity contribution in [1.29, 1.82) is 0 Å². The molecule has 0 saturated carbocycles. The van der Waals surface area contributed by atoms with Gasteiger partial charge in [0.05, 0.1) is 12.7 Å². The molecule has 2 rings (SSSR count). The summed E-state index contributed by atoms with van der Waals surface area (Å²) in [6.45, 7) is 3.04. The number of rotatable bonds is 2. The van der Waals surface area contributed by atoms with Gasteiger partial charge in [0.1, 0.15) is 11.6 Å². The Bertz CT molecular complexity index is 321. The molecule has 14 heavy (non-hydrogen) atoms. The van der Waals surface area contributed by atoms with E-state index in [-0.39, 0.29) is 0 Å². The van der Waals surface area contributed by atoms with Gasteiger partial charge in [-0.05, 0) is 12.8 Å². The summed E-state index contributed by atoms with van der Waals surface area (Å²) in [5.74, 6) is 2.54. The first-order valence-electron chi connectivity index (χ1n) is 5.02. The average molecular weight is 193 g/mol. The molecule has 4 heteroatoms. The zero-order valence-corrected chi connectivity index (χ0v) is 8.63. The number of nitrogens with one attached hydrogen (secondary N) is 1. The fraction of sp³-hybridized carbons (Fsp3) is 0.600. The summed E-state index contributed by atoms with van der Waals surface area (Å²) >= 11 is 0. The summed E-state index contributed by atoms with van der Waals surface area (Å²) in [4.78, 5) is 8.79. The lowest BCUT2D eigenvalue weighted by Crippen LogP contribution is -2.16. The zero-order valence-electron chi connectivity index (χ0n) is 8.63. The van der Waals surface area contributed by atoms with Crippen LogP contribution in [0.25, 0.3) is 0 Å². The topological polar surface area (TPSA) is 47.0 Å². The SMILES string of the molecule is CCc1nc2c(c(OC)n1)CCCN2. The van der Waals surface area contributed by atoms with Crippen LogP contribution >= 0.6 is 0 Å². The standard InChI is InChI=1S/C10H15N3O/c1-3-8-12-9-7(5-4-6-11-9)10(13-8)14-2/h3-6H2,1-2H3,(H,11,12,13). The fourth-order valence-electron chi connectivity index (χ4n) is 1.68.